The summed E-state index contributed by atoms with van der Waals surface area (Å²) in [7, 11) is 0. The molecule has 0 aromatic heterocycles. The van der Waals surface area contributed by atoms with Crippen LogP contribution < -0.4 is 5.32 Å². The second-order valence-electron chi connectivity index (χ2n) is 3.99. The van der Waals surface area contributed by atoms with E-state index in [1.165, 1.54) is 0 Å². The predicted molar refractivity (Wildman–Crippen MR) is 49.2 cm³/mol. The largest absolute Gasteiger partial charge is 0.405 e. The highest BCUT2D eigenvalue weighted by Gasteiger charge is 2.41. The van der Waals surface area contributed by atoms with Crippen molar-refractivity contribution in [3.05, 3.63) is 0 Å². The van der Waals surface area contributed by atoms with Gasteiger partial charge in [0, 0.05) is 12.6 Å². The lowest BCUT2D eigenvalue weighted by Gasteiger charge is -2.28. The Balaban J connectivity index is 2.60. The van der Waals surface area contributed by atoms with Crippen LogP contribution in [0.3, 0.4) is 0 Å². The average Bonchev–Trinajstić information content (AvgIpc) is 2.26. The summed E-state index contributed by atoms with van der Waals surface area (Å²) in [4.78, 5) is 1.87. The van der Waals surface area contributed by atoms with Crippen molar-refractivity contribution in [2.75, 3.05) is 19.6 Å². The summed E-state index contributed by atoms with van der Waals surface area (Å²) in [5.41, 5.74) is 0. The first-order chi connectivity index (χ1) is 6.41. The molecule has 0 aromatic rings. The Hall–Kier alpha value is -0.290. The minimum atomic E-state index is -4.13. The molecule has 5 heteroatoms. The number of alkyl halides is 3. The Morgan fingerprint density at radius 2 is 2.00 bits per heavy atom. The monoisotopic (exact) mass is 210 g/mol. The molecule has 0 radical (unpaired) electrons. The molecule has 0 amide bonds. The summed E-state index contributed by atoms with van der Waals surface area (Å²) in [6.07, 6.45) is -3.35. The van der Waals surface area contributed by atoms with Crippen molar-refractivity contribution in [3.8, 4) is 0 Å². The average molecular weight is 210 g/mol. The van der Waals surface area contributed by atoms with E-state index >= 15 is 0 Å². The topological polar surface area (TPSA) is 15.3 Å². The van der Waals surface area contributed by atoms with Crippen molar-refractivity contribution in [3.63, 3.8) is 0 Å². The standard InChI is InChI=1S/C9H17F3N2/c1-7(2)14-5-3-4-13-8(6-14)9(10,11)12/h7-8,13H,3-6H2,1-2H3. The molecular formula is C9H17F3N2. The van der Waals surface area contributed by atoms with E-state index in [1.807, 2.05) is 18.7 Å². The van der Waals surface area contributed by atoms with E-state index in [4.69, 9.17) is 0 Å². The second kappa shape index (κ2) is 4.49. The summed E-state index contributed by atoms with van der Waals surface area (Å²) in [5, 5.41) is 2.54. The molecule has 1 fully saturated rings. The highest BCUT2D eigenvalue weighted by molar-refractivity contribution is 4.83. The molecule has 0 aliphatic carbocycles. The van der Waals surface area contributed by atoms with Crippen LogP contribution in [0.15, 0.2) is 0 Å². The van der Waals surface area contributed by atoms with Gasteiger partial charge < -0.3 is 5.32 Å². The van der Waals surface area contributed by atoms with E-state index in [2.05, 4.69) is 5.32 Å². The quantitative estimate of drug-likeness (QED) is 0.707. The summed E-state index contributed by atoms with van der Waals surface area (Å²) in [5.74, 6) is 0. The molecule has 1 heterocycles. The first-order valence-electron chi connectivity index (χ1n) is 4.95. The molecule has 1 aliphatic heterocycles. The fourth-order valence-corrected chi connectivity index (χ4v) is 1.64. The Morgan fingerprint density at radius 1 is 1.36 bits per heavy atom. The highest BCUT2D eigenvalue weighted by Crippen LogP contribution is 2.22. The fourth-order valence-electron chi connectivity index (χ4n) is 1.64. The van der Waals surface area contributed by atoms with Crippen LogP contribution in [0.5, 0.6) is 0 Å². The molecule has 1 saturated heterocycles. The van der Waals surface area contributed by atoms with E-state index < -0.39 is 12.2 Å². The molecule has 14 heavy (non-hydrogen) atoms. The minimum Gasteiger partial charge on any atom is -0.305 e. The number of nitrogens with zero attached hydrogens (tertiary/aromatic N) is 1. The van der Waals surface area contributed by atoms with Crippen molar-refractivity contribution in [1.29, 1.82) is 0 Å². The summed E-state index contributed by atoms with van der Waals surface area (Å²) < 4.78 is 37.4. The van der Waals surface area contributed by atoms with Gasteiger partial charge in [-0.15, -0.1) is 0 Å². The first-order valence-corrected chi connectivity index (χ1v) is 4.95. The first kappa shape index (κ1) is 11.8. The molecule has 1 rings (SSSR count). The van der Waals surface area contributed by atoms with Gasteiger partial charge >= 0.3 is 6.18 Å². The number of nitrogens with one attached hydrogen (secondary N) is 1. The predicted octanol–water partition coefficient (Wildman–Crippen LogP) is 1.62. The van der Waals surface area contributed by atoms with Gasteiger partial charge in [-0.05, 0) is 33.4 Å². The van der Waals surface area contributed by atoms with Crippen LogP contribution in [0.4, 0.5) is 13.2 Å². The van der Waals surface area contributed by atoms with Gasteiger partial charge in [-0.25, -0.2) is 0 Å². The van der Waals surface area contributed by atoms with E-state index in [-0.39, 0.29) is 12.6 Å². The van der Waals surface area contributed by atoms with Crippen LogP contribution in [0, 0.1) is 0 Å². The van der Waals surface area contributed by atoms with Crippen molar-refractivity contribution in [2.24, 2.45) is 0 Å². The van der Waals surface area contributed by atoms with Gasteiger partial charge in [0.25, 0.3) is 0 Å². The maximum absolute atomic E-state index is 12.5. The smallest absolute Gasteiger partial charge is 0.305 e. The van der Waals surface area contributed by atoms with E-state index in [1.54, 1.807) is 0 Å². The normalized spacial score (nSPS) is 26.6. The van der Waals surface area contributed by atoms with Gasteiger partial charge in [-0.3, -0.25) is 4.90 Å². The maximum atomic E-state index is 12.5. The van der Waals surface area contributed by atoms with Gasteiger partial charge in [0.15, 0.2) is 0 Å². The zero-order valence-electron chi connectivity index (χ0n) is 8.56. The molecule has 84 valence electrons. The van der Waals surface area contributed by atoms with Crippen LogP contribution in [-0.2, 0) is 0 Å². The lowest BCUT2D eigenvalue weighted by Crippen LogP contribution is -2.49. The third-order valence-electron chi connectivity index (χ3n) is 2.56. The Kier molecular flexibility index (Phi) is 3.78. The Bertz CT molecular complexity index is 179. The van der Waals surface area contributed by atoms with Crippen molar-refractivity contribution < 1.29 is 13.2 Å². The third kappa shape index (κ3) is 3.13. The van der Waals surface area contributed by atoms with E-state index in [9.17, 15) is 13.2 Å². The fraction of sp³-hybridized carbons (Fsp3) is 1.00. The third-order valence-corrected chi connectivity index (χ3v) is 2.56. The number of hydrogen-bond donors (Lipinski definition) is 1. The second-order valence-corrected chi connectivity index (χ2v) is 3.99. The van der Waals surface area contributed by atoms with Crippen LogP contribution in [0.1, 0.15) is 20.3 Å². The molecule has 1 atom stereocenters. The SMILES string of the molecule is CC(C)N1CCCNC(C(F)(F)F)C1. The maximum Gasteiger partial charge on any atom is 0.405 e. The molecule has 1 aliphatic rings. The van der Waals surface area contributed by atoms with Gasteiger partial charge in [-0.2, -0.15) is 13.2 Å². The molecular weight excluding hydrogens is 193 g/mol. The molecule has 0 aromatic carbocycles. The number of halogens is 3. The minimum absolute atomic E-state index is 0.0706. The molecule has 0 spiro atoms. The Labute approximate surface area is 82.5 Å². The number of rotatable bonds is 1. The summed E-state index contributed by atoms with van der Waals surface area (Å²) in [6, 6.07) is -1.19. The Morgan fingerprint density at radius 3 is 2.50 bits per heavy atom. The molecule has 1 N–H and O–H groups in total. The zero-order chi connectivity index (χ0) is 10.8. The van der Waals surface area contributed by atoms with Gasteiger partial charge in [0.2, 0.25) is 0 Å². The zero-order valence-corrected chi connectivity index (χ0v) is 8.56. The van der Waals surface area contributed by atoms with Crippen molar-refractivity contribution in [1.82, 2.24) is 10.2 Å². The van der Waals surface area contributed by atoms with Crippen molar-refractivity contribution >= 4 is 0 Å². The van der Waals surface area contributed by atoms with E-state index in [0.29, 0.717) is 6.54 Å². The molecule has 0 bridgehead atoms. The lowest BCUT2D eigenvalue weighted by molar-refractivity contribution is -0.158. The van der Waals surface area contributed by atoms with Gasteiger partial charge in [0.05, 0.1) is 0 Å². The summed E-state index contributed by atoms with van der Waals surface area (Å²) in [6.45, 7) is 5.13. The van der Waals surface area contributed by atoms with Crippen LogP contribution in [0.2, 0.25) is 0 Å². The van der Waals surface area contributed by atoms with Crippen LogP contribution in [-0.4, -0.2) is 42.8 Å². The molecule has 2 nitrogen and oxygen atoms in total. The van der Waals surface area contributed by atoms with Crippen LogP contribution >= 0.6 is 0 Å². The van der Waals surface area contributed by atoms with Crippen LogP contribution in [0.25, 0.3) is 0 Å². The molecule has 1 unspecified atom stereocenters. The van der Waals surface area contributed by atoms with Crippen molar-refractivity contribution in [2.45, 2.75) is 38.5 Å². The number of hydrogen-bond acceptors (Lipinski definition) is 2. The highest BCUT2D eigenvalue weighted by atomic mass is 19.4. The van der Waals surface area contributed by atoms with Gasteiger partial charge in [-0.1, -0.05) is 0 Å². The lowest BCUT2D eigenvalue weighted by atomic mass is 10.2. The van der Waals surface area contributed by atoms with E-state index in [0.717, 1.165) is 13.0 Å². The summed E-state index contributed by atoms with van der Waals surface area (Å²) >= 11 is 0. The van der Waals surface area contributed by atoms with Gasteiger partial charge in [0.1, 0.15) is 6.04 Å². The molecule has 0 saturated carbocycles.